The van der Waals surface area contributed by atoms with Gasteiger partial charge in [0.25, 0.3) is 0 Å². The fraction of sp³-hybridized carbons (Fsp3) is 0.500. The molecule has 0 aliphatic heterocycles. The summed E-state index contributed by atoms with van der Waals surface area (Å²) in [6.07, 6.45) is 1.02. The summed E-state index contributed by atoms with van der Waals surface area (Å²) >= 11 is 5.31. The van der Waals surface area contributed by atoms with Crippen molar-refractivity contribution in [3.63, 3.8) is 0 Å². The van der Waals surface area contributed by atoms with Crippen LogP contribution in [0.5, 0.6) is 11.5 Å². The van der Waals surface area contributed by atoms with Gasteiger partial charge in [0.15, 0.2) is 5.11 Å². The first-order valence-corrected chi connectivity index (χ1v) is 8.15. The molecule has 0 saturated heterocycles. The number of nitrogens with one attached hydrogen (secondary N) is 4. The van der Waals surface area contributed by atoms with Crippen molar-refractivity contribution in [1.82, 2.24) is 5.32 Å². The van der Waals surface area contributed by atoms with Crippen LogP contribution in [-0.4, -0.2) is 52.4 Å². The van der Waals surface area contributed by atoms with Crippen molar-refractivity contribution in [3.8, 4) is 11.5 Å². The summed E-state index contributed by atoms with van der Waals surface area (Å²) in [5.74, 6) is 0.894. The van der Waals surface area contributed by atoms with Gasteiger partial charge in [-0.15, -0.1) is 0 Å². The lowest BCUT2D eigenvalue weighted by Crippen LogP contribution is -3.05. The van der Waals surface area contributed by atoms with Gasteiger partial charge in [-0.1, -0.05) is 0 Å². The Morgan fingerprint density at radius 1 is 1.12 bits per heavy atom. The molecule has 0 aromatic heterocycles. The number of thiocarbonyl (C=S) groups is 1. The standard InChI is InChI=1S/C16H26N4O3S/c1-11(21)18-12-9-15(23-5)13(10-14(12)22-4)19-16(24)17-7-6-8-20(2)3/h9-10H,6-8H2,1-5H3,(H,18,21)(H2,17,19,24)/p+1. The van der Waals surface area contributed by atoms with Crippen LogP contribution in [0.15, 0.2) is 12.1 Å². The molecule has 0 aliphatic carbocycles. The molecule has 134 valence electrons. The van der Waals surface area contributed by atoms with Crippen molar-refractivity contribution in [3.05, 3.63) is 12.1 Å². The molecular weight excluding hydrogens is 328 g/mol. The number of rotatable bonds is 8. The summed E-state index contributed by atoms with van der Waals surface area (Å²) in [4.78, 5) is 12.7. The van der Waals surface area contributed by atoms with E-state index >= 15 is 0 Å². The minimum Gasteiger partial charge on any atom is -0.494 e. The third-order valence-corrected chi connectivity index (χ3v) is 3.47. The lowest BCUT2D eigenvalue weighted by atomic mass is 10.2. The Morgan fingerprint density at radius 3 is 2.12 bits per heavy atom. The van der Waals surface area contributed by atoms with Crippen LogP contribution in [0.1, 0.15) is 13.3 Å². The van der Waals surface area contributed by atoms with Gasteiger partial charge in [0.05, 0.1) is 46.2 Å². The summed E-state index contributed by atoms with van der Waals surface area (Å²) < 4.78 is 10.7. The Labute approximate surface area is 148 Å². The number of anilines is 2. The van der Waals surface area contributed by atoms with Gasteiger partial charge in [-0.2, -0.15) is 0 Å². The second kappa shape index (κ2) is 9.94. The van der Waals surface area contributed by atoms with Crippen LogP contribution in [0.2, 0.25) is 0 Å². The summed E-state index contributed by atoms with van der Waals surface area (Å²) in [6.45, 7) is 3.30. The minimum atomic E-state index is -0.184. The molecule has 4 N–H and O–H groups in total. The number of hydrogen-bond acceptors (Lipinski definition) is 4. The molecule has 1 amide bonds. The number of carbonyl (C=O) groups excluding carboxylic acids is 1. The monoisotopic (exact) mass is 355 g/mol. The van der Waals surface area contributed by atoms with Crippen molar-refractivity contribution in [2.24, 2.45) is 0 Å². The average molecular weight is 355 g/mol. The highest BCUT2D eigenvalue weighted by atomic mass is 32.1. The number of quaternary nitrogens is 1. The van der Waals surface area contributed by atoms with Gasteiger partial charge in [0.2, 0.25) is 5.91 Å². The van der Waals surface area contributed by atoms with Gasteiger partial charge in [-0.3, -0.25) is 4.79 Å². The SMILES string of the molecule is COc1cc(NC(=S)NCCC[NH+](C)C)c(OC)cc1NC(C)=O. The molecule has 0 spiro atoms. The molecule has 0 unspecified atom stereocenters. The fourth-order valence-electron chi connectivity index (χ4n) is 2.09. The second-order valence-corrected chi connectivity index (χ2v) is 6.03. The van der Waals surface area contributed by atoms with E-state index in [1.807, 2.05) is 0 Å². The Morgan fingerprint density at radius 2 is 1.67 bits per heavy atom. The van der Waals surface area contributed by atoms with Gasteiger partial charge in [-0.25, -0.2) is 0 Å². The number of carbonyl (C=O) groups is 1. The van der Waals surface area contributed by atoms with E-state index in [2.05, 4.69) is 30.0 Å². The lowest BCUT2D eigenvalue weighted by molar-refractivity contribution is -0.858. The van der Waals surface area contributed by atoms with E-state index in [0.717, 1.165) is 19.5 Å². The van der Waals surface area contributed by atoms with Crippen LogP contribution in [0.4, 0.5) is 11.4 Å². The van der Waals surface area contributed by atoms with Crippen molar-refractivity contribution < 1.29 is 19.2 Å². The zero-order valence-corrected chi connectivity index (χ0v) is 15.7. The van der Waals surface area contributed by atoms with E-state index in [4.69, 9.17) is 21.7 Å². The molecule has 0 bridgehead atoms. The number of methoxy groups -OCH3 is 2. The highest BCUT2D eigenvalue weighted by Crippen LogP contribution is 2.36. The molecule has 1 aromatic rings. The quantitative estimate of drug-likeness (QED) is 0.402. The van der Waals surface area contributed by atoms with Crippen LogP contribution in [0.3, 0.4) is 0 Å². The predicted molar refractivity (Wildman–Crippen MR) is 100 cm³/mol. The Kier molecular flexibility index (Phi) is 8.28. The number of ether oxygens (including phenoxy) is 2. The molecule has 0 fully saturated rings. The first-order valence-electron chi connectivity index (χ1n) is 7.74. The maximum atomic E-state index is 11.3. The number of hydrogen-bond donors (Lipinski definition) is 4. The Hall–Kier alpha value is -2.06. The maximum Gasteiger partial charge on any atom is 0.221 e. The van der Waals surface area contributed by atoms with Crippen LogP contribution in [-0.2, 0) is 4.79 Å². The second-order valence-electron chi connectivity index (χ2n) is 5.63. The molecule has 0 heterocycles. The number of benzene rings is 1. The van der Waals surface area contributed by atoms with Crippen molar-refractivity contribution >= 4 is 34.6 Å². The van der Waals surface area contributed by atoms with Crippen molar-refractivity contribution in [1.29, 1.82) is 0 Å². The highest BCUT2D eigenvalue weighted by molar-refractivity contribution is 7.80. The van der Waals surface area contributed by atoms with E-state index in [0.29, 0.717) is 28.0 Å². The van der Waals surface area contributed by atoms with E-state index in [1.165, 1.54) is 18.9 Å². The minimum absolute atomic E-state index is 0.184. The van der Waals surface area contributed by atoms with Gasteiger partial charge >= 0.3 is 0 Å². The summed E-state index contributed by atoms with van der Waals surface area (Å²) in [5, 5.41) is 9.48. The van der Waals surface area contributed by atoms with Gasteiger partial charge < -0.3 is 30.3 Å². The molecule has 0 atom stereocenters. The molecule has 1 rings (SSSR count). The fourth-order valence-corrected chi connectivity index (χ4v) is 2.31. The largest absolute Gasteiger partial charge is 0.494 e. The molecule has 8 heteroatoms. The van der Waals surface area contributed by atoms with Crippen LogP contribution < -0.4 is 30.3 Å². The van der Waals surface area contributed by atoms with Gasteiger partial charge in [-0.05, 0) is 12.2 Å². The van der Waals surface area contributed by atoms with Crippen molar-refractivity contribution in [2.45, 2.75) is 13.3 Å². The molecule has 0 aliphatic rings. The zero-order valence-electron chi connectivity index (χ0n) is 14.9. The number of amides is 1. The van der Waals surface area contributed by atoms with Gasteiger partial charge in [0.1, 0.15) is 11.5 Å². The first kappa shape index (κ1) is 20.0. The normalized spacial score (nSPS) is 10.2. The van der Waals surface area contributed by atoms with E-state index < -0.39 is 0 Å². The third-order valence-electron chi connectivity index (χ3n) is 3.22. The third kappa shape index (κ3) is 6.59. The molecule has 0 saturated carbocycles. The Balaban J connectivity index is 2.79. The van der Waals surface area contributed by atoms with Crippen LogP contribution in [0, 0.1) is 0 Å². The highest BCUT2D eigenvalue weighted by Gasteiger charge is 2.13. The smallest absolute Gasteiger partial charge is 0.221 e. The molecular formula is C16H27N4O3S+. The van der Waals surface area contributed by atoms with E-state index in [-0.39, 0.29) is 5.91 Å². The van der Waals surface area contributed by atoms with E-state index in [9.17, 15) is 4.79 Å². The van der Waals surface area contributed by atoms with Crippen LogP contribution >= 0.6 is 12.2 Å². The molecule has 24 heavy (non-hydrogen) atoms. The maximum absolute atomic E-state index is 11.3. The van der Waals surface area contributed by atoms with Crippen LogP contribution in [0.25, 0.3) is 0 Å². The average Bonchev–Trinajstić information content (AvgIpc) is 2.51. The topological polar surface area (TPSA) is 76.1 Å². The van der Waals surface area contributed by atoms with Crippen molar-refractivity contribution in [2.75, 3.05) is 52.0 Å². The predicted octanol–water partition coefficient (Wildman–Crippen LogP) is 0.483. The summed E-state index contributed by atoms with van der Waals surface area (Å²) in [6, 6.07) is 3.43. The van der Waals surface area contributed by atoms with Gasteiger partial charge in [0, 0.05) is 32.0 Å². The first-order chi connectivity index (χ1) is 11.4. The summed E-state index contributed by atoms with van der Waals surface area (Å²) in [5.41, 5.74) is 1.21. The molecule has 1 aromatic carbocycles. The molecule has 7 nitrogen and oxygen atoms in total. The molecule has 0 radical (unpaired) electrons. The summed E-state index contributed by atoms with van der Waals surface area (Å²) in [7, 11) is 7.33. The lowest BCUT2D eigenvalue weighted by Gasteiger charge is -2.17. The Bertz CT molecular complexity index is 579. The van der Waals surface area contributed by atoms with E-state index in [1.54, 1.807) is 19.2 Å². The zero-order chi connectivity index (χ0) is 18.1.